The lowest BCUT2D eigenvalue weighted by Crippen LogP contribution is -2.16. The topological polar surface area (TPSA) is 89.3 Å². The van der Waals surface area contributed by atoms with Crippen LogP contribution in [0.5, 0.6) is 0 Å². The first kappa shape index (κ1) is 19.3. The Hall–Kier alpha value is -1.48. The van der Waals surface area contributed by atoms with Crippen LogP contribution >= 0.6 is 23.5 Å². The summed E-state index contributed by atoms with van der Waals surface area (Å²) in [5.41, 5.74) is 2.67. The summed E-state index contributed by atoms with van der Waals surface area (Å²) in [5.74, 6) is 2.05. The van der Waals surface area contributed by atoms with Crippen LogP contribution in [-0.2, 0) is 10.0 Å². The molecule has 26 heavy (non-hydrogen) atoms. The first-order chi connectivity index (χ1) is 12.3. The highest BCUT2D eigenvalue weighted by Crippen LogP contribution is 2.43. The molecule has 0 saturated carbocycles. The summed E-state index contributed by atoms with van der Waals surface area (Å²) >= 11 is 3.86. The molecule has 8 heteroatoms. The van der Waals surface area contributed by atoms with Gasteiger partial charge in [0.05, 0.1) is 9.48 Å². The highest BCUT2D eigenvalue weighted by Gasteiger charge is 2.17. The number of rotatable bonds is 4. The van der Waals surface area contributed by atoms with Gasteiger partial charge in [0.25, 0.3) is 5.91 Å². The molecule has 3 N–H and O–H groups in total. The van der Waals surface area contributed by atoms with E-state index >= 15 is 0 Å². The van der Waals surface area contributed by atoms with Crippen LogP contribution in [0.15, 0.2) is 47.4 Å². The Morgan fingerprint density at radius 3 is 2.38 bits per heavy atom. The van der Waals surface area contributed by atoms with Crippen molar-refractivity contribution < 1.29 is 13.2 Å². The maximum absolute atomic E-state index is 12.4. The predicted molar refractivity (Wildman–Crippen MR) is 109 cm³/mol. The van der Waals surface area contributed by atoms with E-state index < -0.39 is 10.0 Å². The maximum atomic E-state index is 12.4. The van der Waals surface area contributed by atoms with Crippen molar-refractivity contribution in [3.8, 4) is 0 Å². The fraction of sp³-hybridized carbons (Fsp3) is 0.278. The first-order valence-corrected chi connectivity index (χ1v) is 11.8. The first-order valence-electron chi connectivity index (χ1n) is 8.12. The van der Waals surface area contributed by atoms with Crippen LogP contribution in [0.2, 0.25) is 0 Å². The number of hydrogen-bond donors (Lipinski definition) is 2. The Labute approximate surface area is 162 Å². The molecule has 2 aromatic rings. The molecular weight excluding hydrogens is 388 g/mol. The zero-order valence-electron chi connectivity index (χ0n) is 14.3. The number of aryl methyl sites for hydroxylation is 1. The largest absolute Gasteiger partial charge is 0.322 e. The van der Waals surface area contributed by atoms with E-state index in [0.29, 0.717) is 21.4 Å². The number of sulfonamides is 1. The number of primary sulfonamides is 1. The van der Waals surface area contributed by atoms with Crippen LogP contribution in [0.1, 0.15) is 32.5 Å². The molecule has 0 bridgehead atoms. The van der Waals surface area contributed by atoms with Gasteiger partial charge in [-0.15, -0.1) is 23.5 Å². The van der Waals surface area contributed by atoms with E-state index in [1.165, 1.54) is 29.6 Å². The molecule has 0 aliphatic carbocycles. The molecule has 2 aromatic carbocycles. The van der Waals surface area contributed by atoms with Gasteiger partial charge in [-0.25, -0.2) is 13.6 Å². The van der Waals surface area contributed by atoms with Gasteiger partial charge in [-0.2, -0.15) is 0 Å². The molecule has 3 rings (SSSR count). The number of thioether (sulfide) groups is 2. The summed E-state index contributed by atoms with van der Waals surface area (Å²) in [6.07, 6.45) is 1.24. The monoisotopic (exact) mass is 408 g/mol. The van der Waals surface area contributed by atoms with Gasteiger partial charge in [0.2, 0.25) is 10.0 Å². The molecule has 1 aliphatic heterocycles. The summed E-state index contributed by atoms with van der Waals surface area (Å²) in [7, 11) is -3.83. The molecule has 0 atom stereocenters. The van der Waals surface area contributed by atoms with Gasteiger partial charge in [-0.05, 0) is 60.2 Å². The molecule has 1 saturated heterocycles. The van der Waals surface area contributed by atoms with Crippen molar-refractivity contribution in [1.29, 1.82) is 0 Å². The second-order valence-electron chi connectivity index (χ2n) is 6.03. The normalized spacial score (nSPS) is 15.6. The predicted octanol–water partition coefficient (Wildman–Crippen LogP) is 3.76. The molecule has 1 fully saturated rings. The Morgan fingerprint density at radius 2 is 1.77 bits per heavy atom. The van der Waals surface area contributed by atoms with E-state index in [-0.39, 0.29) is 10.8 Å². The fourth-order valence-corrected chi connectivity index (χ4v) is 6.36. The summed E-state index contributed by atoms with van der Waals surface area (Å²) in [4.78, 5) is 12.5. The van der Waals surface area contributed by atoms with E-state index in [1.807, 2.05) is 35.7 Å². The lowest BCUT2D eigenvalue weighted by atomic mass is 10.1. The minimum Gasteiger partial charge on any atom is -0.322 e. The van der Waals surface area contributed by atoms with Crippen LogP contribution < -0.4 is 10.5 Å². The van der Waals surface area contributed by atoms with Crippen LogP contribution in [0.25, 0.3) is 0 Å². The van der Waals surface area contributed by atoms with Crippen LogP contribution in [-0.4, -0.2) is 25.8 Å². The Bertz CT molecular complexity index is 906. The van der Waals surface area contributed by atoms with Crippen molar-refractivity contribution >= 4 is 45.1 Å². The number of anilines is 1. The highest BCUT2D eigenvalue weighted by atomic mass is 32.2. The third kappa shape index (κ3) is 4.62. The quantitative estimate of drug-likeness (QED) is 0.804. The van der Waals surface area contributed by atoms with Crippen molar-refractivity contribution in [3.05, 3.63) is 59.2 Å². The Morgan fingerprint density at radius 1 is 1.12 bits per heavy atom. The molecule has 1 heterocycles. The lowest BCUT2D eigenvalue weighted by molar-refractivity contribution is 0.102. The molecule has 5 nitrogen and oxygen atoms in total. The number of carbonyl (C=O) groups is 1. The standard InChI is InChI=1S/C18H20N2O3S3/c1-12-3-8-15(11-16(12)26(19,22)23)20-17(21)13-4-6-14(7-5-13)18-24-9-2-10-25-18/h3-8,11,18H,2,9-10H2,1H3,(H,20,21)(H2,19,22,23). The van der Waals surface area contributed by atoms with E-state index in [4.69, 9.17) is 5.14 Å². The van der Waals surface area contributed by atoms with Gasteiger partial charge in [0.1, 0.15) is 0 Å². The summed E-state index contributed by atoms with van der Waals surface area (Å²) < 4.78 is 23.6. The van der Waals surface area contributed by atoms with Crippen LogP contribution in [0.3, 0.4) is 0 Å². The SMILES string of the molecule is Cc1ccc(NC(=O)c2ccc(C3SCCCS3)cc2)cc1S(N)(=O)=O. The zero-order chi connectivity index (χ0) is 18.7. The fourth-order valence-electron chi connectivity index (χ4n) is 2.66. The number of amides is 1. The molecule has 1 aliphatic rings. The van der Waals surface area contributed by atoms with Crippen molar-refractivity contribution in [3.63, 3.8) is 0 Å². The average molecular weight is 409 g/mol. The third-order valence-electron chi connectivity index (χ3n) is 4.02. The van der Waals surface area contributed by atoms with Crippen molar-refractivity contribution in [2.45, 2.75) is 22.8 Å². The molecule has 0 radical (unpaired) electrons. The summed E-state index contributed by atoms with van der Waals surface area (Å²) in [6.45, 7) is 1.66. The molecule has 1 amide bonds. The Balaban J connectivity index is 1.74. The second-order valence-corrected chi connectivity index (χ2v) is 10.3. The van der Waals surface area contributed by atoms with Crippen molar-refractivity contribution in [2.24, 2.45) is 5.14 Å². The van der Waals surface area contributed by atoms with Gasteiger partial charge < -0.3 is 5.32 Å². The number of nitrogens with one attached hydrogen (secondary N) is 1. The average Bonchev–Trinajstić information content (AvgIpc) is 2.63. The van der Waals surface area contributed by atoms with E-state index in [2.05, 4.69) is 5.32 Å². The number of benzene rings is 2. The van der Waals surface area contributed by atoms with Crippen LogP contribution in [0.4, 0.5) is 5.69 Å². The minimum atomic E-state index is -3.83. The third-order valence-corrected chi connectivity index (χ3v) is 8.09. The van der Waals surface area contributed by atoms with E-state index in [9.17, 15) is 13.2 Å². The molecule has 0 aromatic heterocycles. The van der Waals surface area contributed by atoms with Gasteiger partial charge in [-0.3, -0.25) is 4.79 Å². The molecule has 0 spiro atoms. The zero-order valence-corrected chi connectivity index (χ0v) is 16.7. The summed E-state index contributed by atoms with van der Waals surface area (Å²) in [6, 6.07) is 12.2. The van der Waals surface area contributed by atoms with Gasteiger partial charge >= 0.3 is 0 Å². The minimum absolute atomic E-state index is 0.0111. The van der Waals surface area contributed by atoms with Gasteiger partial charge in [-0.1, -0.05) is 18.2 Å². The molecule has 138 valence electrons. The summed E-state index contributed by atoms with van der Waals surface area (Å²) in [5, 5.41) is 7.94. The number of hydrogen-bond acceptors (Lipinski definition) is 5. The second kappa shape index (κ2) is 8.04. The van der Waals surface area contributed by atoms with E-state index in [1.54, 1.807) is 31.2 Å². The maximum Gasteiger partial charge on any atom is 0.255 e. The van der Waals surface area contributed by atoms with Gasteiger partial charge in [0, 0.05) is 11.3 Å². The number of carbonyl (C=O) groups excluding carboxylic acids is 1. The number of nitrogens with two attached hydrogens (primary N) is 1. The van der Waals surface area contributed by atoms with Crippen molar-refractivity contribution in [1.82, 2.24) is 0 Å². The lowest BCUT2D eigenvalue weighted by Gasteiger charge is -2.21. The van der Waals surface area contributed by atoms with Gasteiger partial charge in [0.15, 0.2) is 0 Å². The molecule has 0 unspecified atom stereocenters. The van der Waals surface area contributed by atoms with Crippen molar-refractivity contribution in [2.75, 3.05) is 16.8 Å². The van der Waals surface area contributed by atoms with E-state index in [0.717, 1.165) is 0 Å². The molecular formula is C18H20N2O3S3. The Kier molecular flexibility index (Phi) is 5.96. The smallest absolute Gasteiger partial charge is 0.255 e. The van der Waals surface area contributed by atoms with Crippen LogP contribution in [0, 0.1) is 6.92 Å². The highest BCUT2D eigenvalue weighted by molar-refractivity contribution is 8.16.